The first-order valence-electron chi connectivity index (χ1n) is 18.8. The topological polar surface area (TPSA) is 6.48 Å². The minimum absolute atomic E-state index is 1.13. The normalized spacial score (nSPS) is 11.4. The Labute approximate surface area is 322 Å². The first-order chi connectivity index (χ1) is 26.2. The number of rotatable bonds is 10. The van der Waals surface area contributed by atoms with Crippen molar-refractivity contribution >= 4 is 58.4 Å². The van der Waals surface area contributed by atoms with E-state index < -0.39 is 0 Å². The Hall–Kier alpha value is -6.38. The second-order valence-corrected chi connectivity index (χ2v) is 14.4. The van der Waals surface area contributed by atoms with E-state index in [9.17, 15) is 0 Å². The van der Waals surface area contributed by atoms with Gasteiger partial charge in [0.2, 0.25) is 0 Å². The molecule has 0 radical (unpaired) electrons. The smallest absolute Gasteiger partial charge is 0.0490 e. The predicted molar refractivity (Wildman–Crippen MR) is 235 cm³/mol. The van der Waals surface area contributed by atoms with E-state index >= 15 is 0 Å². The fourth-order valence-corrected chi connectivity index (χ4v) is 7.01. The average molecular weight is 701 g/mol. The van der Waals surface area contributed by atoms with Crippen molar-refractivity contribution in [2.24, 2.45) is 0 Å². The molecule has 0 fully saturated rings. The van der Waals surface area contributed by atoms with E-state index in [-0.39, 0.29) is 0 Å². The largest absolute Gasteiger partial charge is 0.310 e. The SMILES string of the molecule is Cc1ccc(N(c2ccc(C=Cc3ccccc3C=Cc3ccc(N(c4ccc(C)cc4)c4ccc(C)cc4C)cc3)cc2)c2ccc(C)cc2C)cc1. The quantitative estimate of drug-likeness (QED) is 0.131. The van der Waals surface area contributed by atoms with Crippen molar-refractivity contribution in [1.82, 2.24) is 0 Å². The summed E-state index contributed by atoms with van der Waals surface area (Å²) in [6.45, 7) is 12.9. The lowest BCUT2D eigenvalue weighted by Crippen LogP contribution is -2.11. The van der Waals surface area contributed by atoms with Crippen molar-refractivity contribution in [3.8, 4) is 0 Å². The van der Waals surface area contributed by atoms with Crippen LogP contribution in [0.5, 0.6) is 0 Å². The first-order valence-corrected chi connectivity index (χ1v) is 18.8. The summed E-state index contributed by atoms with van der Waals surface area (Å²) in [5, 5.41) is 0. The van der Waals surface area contributed by atoms with E-state index in [1.807, 2.05) is 0 Å². The molecule has 7 rings (SSSR count). The maximum Gasteiger partial charge on any atom is 0.0490 e. The van der Waals surface area contributed by atoms with E-state index in [0.717, 1.165) is 33.9 Å². The lowest BCUT2D eigenvalue weighted by Gasteiger charge is -2.27. The van der Waals surface area contributed by atoms with E-state index in [4.69, 9.17) is 0 Å². The Balaban J connectivity index is 1.11. The molecule has 0 saturated carbocycles. The van der Waals surface area contributed by atoms with Crippen LogP contribution in [0.15, 0.2) is 158 Å². The van der Waals surface area contributed by atoms with Crippen molar-refractivity contribution in [1.29, 1.82) is 0 Å². The highest BCUT2D eigenvalue weighted by Crippen LogP contribution is 2.38. The van der Waals surface area contributed by atoms with Crippen LogP contribution >= 0.6 is 0 Å². The minimum Gasteiger partial charge on any atom is -0.310 e. The number of benzene rings is 7. The predicted octanol–water partition coefficient (Wildman–Crippen LogP) is 14.8. The Bertz CT molecular complexity index is 2240. The fourth-order valence-electron chi connectivity index (χ4n) is 7.01. The molecular weight excluding hydrogens is 653 g/mol. The molecule has 0 aliphatic carbocycles. The summed E-state index contributed by atoms with van der Waals surface area (Å²) in [7, 11) is 0. The number of anilines is 6. The first kappa shape index (κ1) is 36.0. The summed E-state index contributed by atoms with van der Waals surface area (Å²) >= 11 is 0. The van der Waals surface area contributed by atoms with Gasteiger partial charge in [0.15, 0.2) is 0 Å². The van der Waals surface area contributed by atoms with Gasteiger partial charge >= 0.3 is 0 Å². The van der Waals surface area contributed by atoms with Crippen LogP contribution in [0.1, 0.15) is 55.6 Å². The summed E-state index contributed by atoms with van der Waals surface area (Å²) in [5.74, 6) is 0. The molecule has 2 heteroatoms. The van der Waals surface area contributed by atoms with Gasteiger partial charge in [-0.05, 0) is 136 Å². The van der Waals surface area contributed by atoms with Crippen molar-refractivity contribution in [2.45, 2.75) is 41.5 Å². The molecule has 0 N–H and O–H groups in total. The fraction of sp³-hybridized carbons (Fsp3) is 0.115. The zero-order valence-electron chi connectivity index (χ0n) is 32.2. The molecule has 266 valence electrons. The monoisotopic (exact) mass is 700 g/mol. The maximum absolute atomic E-state index is 2.35. The van der Waals surface area contributed by atoms with Crippen LogP contribution in [-0.4, -0.2) is 0 Å². The van der Waals surface area contributed by atoms with E-state index in [1.54, 1.807) is 0 Å². The number of hydrogen-bond donors (Lipinski definition) is 0. The molecule has 0 aliphatic rings. The van der Waals surface area contributed by atoms with Gasteiger partial charge in [0.1, 0.15) is 0 Å². The van der Waals surface area contributed by atoms with E-state index in [1.165, 1.54) is 55.9 Å². The summed E-state index contributed by atoms with van der Waals surface area (Å²) < 4.78 is 0. The van der Waals surface area contributed by atoms with Gasteiger partial charge in [0.05, 0.1) is 0 Å². The molecule has 7 aromatic rings. The highest BCUT2D eigenvalue weighted by Gasteiger charge is 2.16. The molecule has 0 unspecified atom stereocenters. The van der Waals surface area contributed by atoms with Gasteiger partial charge in [0, 0.05) is 34.1 Å². The lowest BCUT2D eigenvalue weighted by molar-refractivity contribution is 1.23. The third-order valence-electron chi connectivity index (χ3n) is 9.98. The van der Waals surface area contributed by atoms with Gasteiger partial charge in [-0.1, -0.05) is 144 Å². The maximum atomic E-state index is 2.35. The standard InChI is InChI=1S/C52H48N2/c1-37-11-25-47(26-12-37)53(51-33-15-39(3)35-41(51)5)49-29-19-43(20-30-49)17-23-45-9-7-8-10-46(45)24-18-44-21-31-50(32-22-44)54(48-27-13-38(2)14-28-48)52-34-16-40(4)36-42(52)6/h7-36H,1-6H3. The van der Waals surface area contributed by atoms with Crippen LogP contribution < -0.4 is 9.80 Å². The van der Waals surface area contributed by atoms with Gasteiger partial charge in [-0.15, -0.1) is 0 Å². The van der Waals surface area contributed by atoms with Crippen LogP contribution in [0.4, 0.5) is 34.1 Å². The van der Waals surface area contributed by atoms with Gasteiger partial charge < -0.3 is 9.80 Å². The van der Waals surface area contributed by atoms with Crippen molar-refractivity contribution in [3.05, 3.63) is 213 Å². The Morgan fingerprint density at radius 3 is 0.963 bits per heavy atom. The Kier molecular flexibility index (Phi) is 10.7. The number of hydrogen-bond acceptors (Lipinski definition) is 2. The van der Waals surface area contributed by atoms with Gasteiger partial charge in [-0.2, -0.15) is 0 Å². The van der Waals surface area contributed by atoms with Crippen LogP contribution in [0.3, 0.4) is 0 Å². The van der Waals surface area contributed by atoms with Crippen molar-refractivity contribution in [2.75, 3.05) is 9.80 Å². The van der Waals surface area contributed by atoms with E-state index in [2.05, 4.69) is 233 Å². The molecule has 7 aromatic carbocycles. The molecule has 0 atom stereocenters. The molecule has 2 nitrogen and oxygen atoms in total. The summed E-state index contributed by atoms with van der Waals surface area (Å²) in [5.41, 5.74) is 19.1. The molecule has 0 amide bonds. The average Bonchev–Trinajstić information content (AvgIpc) is 3.18. The zero-order chi connectivity index (χ0) is 37.6. The van der Waals surface area contributed by atoms with Crippen LogP contribution in [0.25, 0.3) is 24.3 Å². The Morgan fingerprint density at radius 1 is 0.315 bits per heavy atom. The van der Waals surface area contributed by atoms with Gasteiger partial charge in [0.25, 0.3) is 0 Å². The highest BCUT2D eigenvalue weighted by molar-refractivity contribution is 5.83. The third-order valence-corrected chi connectivity index (χ3v) is 9.98. The van der Waals surface area contributed by atoms with Crippen LogP contribution in [0, 0.1) is 41.5 Å². The highest BCUT2D eigenvalue weighted by atomic mass is 15.1. The summed E-state index contributed by atoms with van der Waals surface area (Å²) in [6.07, 6.45) is 8.82. The Morgan fingerprint density at radius 2 is 0.630 bits per heavy atom. The molecule has 0 saturated heterocycles. The molecule has 0 spiro atoms. The number of aryl methyl sites for hydroxylation is 6. The molecule has 0 heterocycles. The summed E-state index contributed by atoms with van der Waals surface area (Å²) in [4.78, 5) is 4.69. The molecule has 0 bridgehead atoms. The molecule has 54 heavy (non-hydrogen) atoms. The summed E-state index contributed by atoms with van der Waals surface area (Å²) in [6, 6.07) is 57.1. The third kappa shape index (κ3) is 8.30. The number of nitrogens with zero attached hydrogens (tertiary/aromatic N) is 2. The van der Waals surface area contributed by atoms with Crippen LogP contribution in [0.2, 0.25) is 0 Å². The minimum atomic E-state index is 1.13. The van der Waals surface area contributed by atoms with E-state index in [0.29, 0.717) is 0 Å². The van der Waals surface area contributed by atoms with Gasteiger partial charge in [-0.25, -0.2) is 0 Å². The second-order valence-electron chi connectivity index (χ2n) is 14.4. The van der Waals surface area contributed by atoms with Gasteiger partial charge in [-0.3, -0.25) is 0 Å². The zero-order valence-corrected chi connectivity index (χ0v) is 32.2. The molecule has 0 aliphatic heterocycles. The second kappa shape index (κ2) is 16.1. The van der Waals surface area contributed by atoms with Crippen molar-refractivity contribution in [3.63, 3.8) is 0 Å². The molecular formula is C52H48N2. The van der Waals surface area contributed by atoms with Crippen molar-refractivity contribution < 1.29 is 0 Å². The molecule has 0 aromatic heterocycles. The lowest BCUT2D eigenvalue weighted by atomic mass is 10.0. The van der Waals surface area contributed by atoms with Crippen LogP contribution in [-0.2, 0) is 0 Å².